The molecule has 0 N–H and O–H groups in total. The van der Waals surface area contributed by atoms with E-state index in [4.69, 9.17) is 16.0 Å². The first-order valence-corrected chi connectivity index (χ1v) is 10.3. The molecule has 4 aromatic heterocycles. The minimum Gasteiger partial charge on any atom is -0.402 e. The van der Waals surface area contributed by atoms with Gasteiger partial charge >= 0.3 is 5.63 Å². The van der Waals surface area contributed by atoms with Gasteiger partial charge in [0.15, 0.2) is 0 Å². The van der Waals surface area contributed by atoms with Crippen LogP contribution in [0.1, 0.15) is 11.1 Å². The summed E-state index contributed by atoms with van der Waals surface area (Å²) in [6.07, 6.45) is 1.63. The first-order chi connectivity index (χ1) is 15.1. The second-order valence-electron chi connectivity index (χ2n) is 7.71. The van der Waals surface area contributed by atoms with Crippen molar-refractivity contribution in [3.05, 3.63) is 93.6 Å². The lowest BCUT2D eigenvalue weighted by molar-refractivity contribution is 0.553. The van der Waals surface area contributed by atoms with Gasteiger partial charge in [-0.1, -0.05) is 41.4 Å². The van der Waals surface area contributed by atoms with Crippen molar-refractivity contribution in [1.82, 2.24) is 14.5 Å². The number of rotatable bonds is 2. The molecular formula is C25H16ClN3O2. The van der Waals surface area contributed by atoms with Crippen LogP contribution < -0.4 is 5.63 Å². The maximum absolute atomic E-state index is 13.1. The van der Waals surface area contributed by atoms with Gasteiger partial charge in [0.05, 0.1) is 12.1 Å². The molecule has 5 nitrogen and oxygen atoms in total. The summed E-state index contributed by atoms with van der Waals surface area (Å²) in [6.45, 7) is 2.44. The zero-order valence-electron chi connectivity index (χ0n) is 16.6. The van der Waals surface area contributed by atoms with Crippen molar-refractivity contribution in [3.8, 4) is 0 Å². The summed E-state index contributed by atoms with van der Waals surface area (Å²) in [4.78, 5) is 21.9. The number of para-hydroxylation sites is 1. The van der Waals surface area contributed by atoms with E-state index in [-0.39, 0.29) is 0 Å². The summed E-state index contributed by atoms with van der Waals surface area (Å²) in [5, 5.41) is 4.08. The Balaban J connectivity index is 1.71. The molecule has 0 saturated carbocycles. The molecule has 0 radical (unpaired) electrons. The highest BCUT2D eigenvalue weighted by atomic mass is 35.5. The van der Waals surface area contributed by atoms with Crippen molar-refractivity contribution in [2.75, 3.05) is 0 Å². The molecule has 0 saturated heterocycles. The Hall–Kier alpha value is -3.70. The van der Waals surface area contributed by atoms with Crippen molar-refractivity contribution in [1.29, 1.82) is 0 Å². The van der Waals surface area contributed by atoms with Gasteiger partial charge in [0, 0.05) is 38.8 Å². The second-order valence-corrected chi connectivity index (χ2v) is 8.07. The van der Waals surface area contributed by atoms with Gasteiger partial charge in [-0.05, 0) is 43.3 Å². The van der Waals surface area contributed by atoms with Gasteiger partial charge in [-0.3, -0.25) is 0 Å². The molecule has 150 valence electrons. The molecule has 0 fully saturated rings. The van der Waals surface area contributed by atoms with Crippen LogP contribution in [0.4, 0.5) is 0 Å². The zero-order chi connectivity index (χ0) is 21.1. The standard InChI is InChI=1S/C25H16ClN3O2/c1-14-8-9-20-18(11-14)21-17-6-4-10-27-24(17)31-25(30)22(21)29(20)13-16-12-15-5-2-3-7-19(15)28-23(16)26/h2-12H,13H2,1H3. The van der Waals surface area contributed by atoms with E-state index in [2.05, 4.69) is 16.0 Å². The van der Waals surface area contributed by atoms with E-state index >= 15 is 0 Å². The van der Waals surface area contributed by atoms with E-state index in [9.17, 15) is 4.79 Å². The normalized spacial score (nSPS) is 11.8. The molecule has 0 atom stereocenters. The monoisotopic (exact) mass is 425 g/mol. The van der Waals surface area contributed by atoms with E-state index in [0.29, 0.717) is 22.9 Å². The number of aryl methyl sites for hydroxylation is 1. The fourth-order valence-corrected chi connectivity index (χ4v) is 4.54. The molecule has 0 aliphatic rings. The lowest BCUT2D eigenvalue weighted by atomic mass is 10.1. The number of aromatic nitrogens is 3. The van der Waals surface area contributed by atoms with Gasteiger partial charge in [-0.15, -0.1) is 0 Å². The summed E-state index contributed by atoms with van der Waals surface area (Å²) in [5.41, 5.74) is 4.16. The van der Waals surface area contributed by atoms with Crippen molar-refractivity contribution in [2.45, 2.75) is 13.5 Å². The van der Waals surface area contributed by atoms with Crippen LogP contribution in [0.2, 0.25) is 5.15 Å². The van der Waals surface area contributed by atoms with E-state index in [0.717, 1.165) is 43.7 Å². The SMILES string of the molecule is Cc1ccc2c(c1)c1c3cccnc3oc(=O)c1n2Cc1cc2ccccc2nc1Cl. The Morgan fingerprint density at radius 2 is 1.90 bits per heavy atom. The van der Waals surface area contributed by atoms with Crippen LogP contribution >= 0.6 is 11.6 Å². The third-order valence-corrected chi connectivity index (χ3v) is 6.05. The van der Waals surface area contributed by atoms with Crippen molar-refractivity contribution < 1.29 is 4.42 Å². The van der Waals surface area contributed by atoms with Gasteiger partial charge < -0.3 is 8.98 Å². The minimum absolute atomic E-state index is 0.339. The summed E-state index contributed by atoms with van der Waals surface area (Å²) < 4.78 is 7.55. The smallest absolute Gasteiger partial charge is 0.362 e. The molecular weight excluding hydrogens is 410 g/mol. The van der Waals surface area contributed by atoms with Gasteiger partial charge in [-0.2, -0.15) is 0 Å². The highest BCUT2D eigenvalue weighted by Crippen LogP contribution is 2.34. The Morgan fingerprint density at radius 3 is 2.81 bits per heavy atom. The molecule has 6 aromatic rings. The number of fused-ring (bicyclic) bond motifs is 6. The lowest BCUT2D eigenvalue weighted by Gasteiger charge is -2.10. The largest absolute Gasteiger partial charge is 0.402 e. The lowest BCUT2D eigenvalue weighted by Crippen LogP contribution is -2.09. The van der Waals surface area contributed by atoms with Crippen LogP contribution in [0.3, 0.4) is 0 Å². The molecule has 6 heteroatoms. The first-order valence-electron chi connectivity index (χ1n) is 9.95. The molecule has 2 aromatic carbocycles. The Morgan fingerprint density at radius 1 is 1.03 bits per heavy atom. The average Bonchev–Trinajstić information content (AvgIpc) is 3.08. The van der Waals surface area contributed by atoms with Crippen LogP contribution in [-0.4, -0.2) is 14.5 Å². The van der Waals surface area contributed by atoms with E-state index in [1.807, 2.05) is 66.1 Å². The summed E-state index contributed by atoms with van der Waals surface area (Å²) >= 11 is 6.55. The Kier molecular flexibility index (Phi) is 3.88. The topological polar surface area (TPSA) is 60.9 Å². The van der Waals surface area contributed by atoms with E-state index in [1.54, 1.807) is 6.20 Å². The number of halogens is 1. The number of hydrogen-bond acceptors (Lipinski definition) is 4. The third kappa shape index (κ3) is 2.74. The maximum atomic E-state index is 13.1. The molecule has 4 heterocycles. The molecule has 0 spiro atoms. The average molecular weight is 426 g/mol. The van der Waals surface area contributed by atoms with Crippen LogP contribution in [0.15, 0.2) is 76.1 Å². The van der Waals surface area contributed by atoms with Crippen LogP contribution in [0.5, 0.6) is 0 Å². The third-order valence-electron chi connectivity index (χ3n) is 5.72. The van der Waals surface area contributed by atoms with E-state index < -0.39 is 5.63 Å². The fraction of sp³-hybridized carbons (Fsp3) is 0.0800. The van der Waals surface area contributed by atoms with Crippen molar-refractivity contribution in [3.63, 3.8) is 0 Å². The maximum Gasteiger partial charge on any atom is 0.362 e. The summed E-state index contributed by atoms with van der Waals surface area (Å²) in [7, 11) is 0. The van der Waals surface area contributed by atoms with Gasteiger partial charge in [0.25, 0.3) is 0 Å². The molecule has 0 unspecified atom stereocenters. The zero-order valence-corrected chi connectivity index (χ0v) is 17.3. The number of nitrogens with zero attached hydrogens (tertiary/aromatic N) is 3. The van der Waals surface area contributed by atoms with Gasteiger partial charge in [0.1, 0.15) is 10.7 Å². The first kappa shape index (κ1) is 18.1. The van der Waals surface area contributed by atoms with E-state index in [1.165, 1.54) is 0 Å². The Bertz CT molecular complexity index is 1720. The van der Waals surface area contributed by atoms with Gasteiger partial charge in [-0.25, -0.2) is 14.8 Å². The predicted octanol–water partition coefficient (Wildman–Crippen LogP) is 5.85. The summed E-state index contributed by atoms with van der Waals surface area (Å²) in [6, 6.07) is 19.8. The van der Waals surface area contributed by atoms with Crippen molar-refractivity contribution >= 4 is 55.4 Å². The minimum atomic E-state index is -0.417. The highest BCUT2D eigenvalue weighted by Gasteiger charge is 2.20. The van der Waals surface area contributed by atoms with Crippen LogP contribution in [-0.2, 0) is 6.54 Å². The number of benzene rings is 2. The van der Waals surface area contributed by atoms with Crippen molar-refractivity contribution in [2.24, 2.45) is 0 Å². The number of pyridine rings is 2. The molecule has 0 amide bonds. The molecule has 0 aliphatic heterocycles. The van der Waals surface area contributed by atoms with Gasteiger partial charge in [0.2, 0.25) is 5.71 Å². The summed E-state index contributed by atoms with van der Waals surface area (Å²) in [5.74, 6) is 0. The Labute approximate surface area is 181 Å². The molecule has 0 aliphatic carbocycles. The predicted molar refractivity (Wildman–Crippen MR) is 124 cm³/mol. The molecule has 31 heavy (non-hydrogen) atoms. The second kappa shape index (κ2) is 6.65. The quantitative estimate of drug-likeness (QED) is 0.326. The highest BCUT2D eigenvalue weighted by molar-refractivity contribution is 6.30. The van der Waals surface area contributed by atoms with Crippen LogP contribution in [0.25, 0.3) is 43.8 Å². The molecule has 6 rings (SSSR count). The van der Waals surface area contributed by atoms with Crippen LogP contribution in [0, 0.1) is 6.92 Å². The number of hydrogen-bond donors (Lipinski definition) is 0. The molecule has 0 bridgehead atoms. The fourth-order valence-electron chi connectivity index (χ4n) is 4.33.